The molecule has 0 spiro atoms. The number of nitrogens with zero attached hydrogens (tertiary/aromatic N) is 6. The largest absolute Gasteiger partial charge is 0.494 e. The fraction of sp³-hybridized carbons (Fsp3) is 0.292. The van der Waals surface area contributed by atoms with Gasteiger partial charge in [0.15, 0.2) is 17.5 Å². The number of hydrogen-bond donors (Lipinski definition) is 1. The average molecular weight is 528 g/mol. The van der Waals surface area contributed by atoms with Crippen LogP contribution in [0.3, 0.4) is 0 Å². The van der Waals surface area contributed by atoms with Crippen molar-refractivity contribution < 1.29 is 22.3 Å². The van der Waals surface area contributed by atoms with Crippen LogP contribution in [0.15, 0.2) is 49.1 Å². The summed E-state index contributed by atoms with van der Waals surface area (Å²) in [5.74, 6) is -0.397. The van der Waals surface area contributed by atoms with Crippen LogP contribution in [0.2, 0.25) is 0 Å². The van der Waals surface area contributed by atoms with E-state index < -0.39 is 27.2 Å². The normalized spacial score (nSPS) is 13.2. The van der Waals surface area contributed by atoms with Gasteiger partial charge in [-0.3, -0.25) is 14.3 Å². The monoisotopic (exact) mass is 527 g/mol. The van der Waals surface area contributed by atoms with Crippen LogP contribution in [-0.2, 0) is 14.8 Å². The third kappa shape index (κ3) is 5.27. The number of benzene rings is 1. The zero-order valence-electron chi connectivity index (χ0n) is 20.9. The molecule has 3 aromatic heterocycles. The zero-order valence-corrected chi connectivity index (χ0v) is 21.7. The molecule has 3 heterocycles. The van der Waals surface area contributed by atoms with E-state index >= 15 is 4.39 Å². The Kier molecular flexibility index (Phi) is 7.45. The summed E-state index contributed by atoms with van der Waals surface area (Å²) in [5.41, 5.74) is 2.07. The van der Waals surface area contributed by atoms with E-state index in [2.05, 4.69) is 29.9 Å². The first-order valence-electron chi connectivity index (χ1n) is 11.2. The van der Waals surface area contributed by atoms with Crippen LogP contribution in [-0.4, -0.2) is 57.6 Å². The number of methoxy groups -OCH3 is 2. The molecule has 2 atom stereocenters. The lowest BCUT2D eigenvalue weighted by Crippen LogP contribution is -2.33. The summed E-state index contributed by atoms with van der Waals surface area (Å²) in [6, 6.07) is 6.03. The molecule has 1 aromatic carbocycles. The lowest BCUT2D eigenvalue weighted by atomic mass is 10.2. The van der Waals surface area contributed by atoms with Crippen LogP contribution in [0.5, 0.6) is 5.75 Å². The minimum absolute atomic E-state index is 0.0676. The van der Waals surface area contributed by atoms with E-state index in [0.29, 0.717) is 5.56 Å². The van der Waals surface area contributed by atoms with Gasteiger partial charge in [0, 0.05) is 37.5 Å². The van der Waals surface area contributed by atoms with E-state index in [1.54, 1.807) is 30.7 Å². The topological polar surface area (TPSA) is 134 Å². The number of aryl methyl sites for hydroxylation is 2. The molecule has 37 heavy (non-hydrogen) atoms. The second-order valence-corrected chi connectivity index (χ2v) is 10.4. The SMILES string of the molecule is COc1cccc(F)c1-n1c(NS(=O)(=O)[C@@H](C)[C@H](OC)c2ncc(C)cn2)nnc1-c1cncc(C)c1. The van der Waals surface area contributed by atoms with Crippen LogP contribution < -0.4 is 9.46 Å². The highest BCUT2D eigenvalue weighted by Crippen LogP contribution is 2.34. The first-order valence-corrected chi connectivity index (χ1v) is 12.7. The summed E-state index contributed by atoms with van der Waals surface area (Å²) < 4.78 is 56.7. The van der Waals surface area contributed by atoms with Gasteiger partial charge in [0.05, 0.1) is 7.11 Å². The number of pyridine rings is 1. The van der Waals surface area contributed by atoms with Gasteiger partial charge in [-0.15, -0.1) is 10.2 Å². The molecule has 1 N–H and O–H groups in total. The lowest BCUT2D eigenvalue weighted by Gasteiger charge is -2.22. The van der Waals surface area contributed by atoms with Crippen molar-refractivity contribution in [2.45, 2.75) is 32.1 Å². The Balaban J connectivity index is 1.82. The Morgan fingerprint density at radius 1 is 1.03 bits per heavy atom. The van der Waals surface area contributed by atoms with Gasteiger partial charge in [-0.2, -0.15) is 0 Å². The summed E-state index contributed by atoms with van der Waals surface area (Å²) in [4.78, 5) is 12.6. The fourth-order valence-corrected chi connectivity index (χ4v) is 4.87. The van der Waals surface area contributed by atoms with Crippen LogP contribution in [0, 0.1) is 19.7 Å². The Hall–Kier alpha value is -3.97. The third-order valence-corrected chi connectivity index (χ3v) is 7.34. The smallest absolute Gasteiger partial charge is 0.243 e. The van der Waals surface area contributed by atoms with Crippen molar-refractivity contribution in [1.29, 1.82) is 0 Å². The first-order chi connectivity index (χ1) is 17.7. The second-order valence-electron chi connectivity index (χ2n) is 8.35. The van der Waals surface area contributed by atoms with Gasteiger partial charge in [-0.1, -0.05) is 6.07 Å². The molecule has 4 rings (SSSR count). The molecule has 0 radical (unpaired) electrons. The Labute approximate surface area is 213 Å². The molecule has 0 aliphatic carbocycles. The van der Waals surface area contributed by atoms with Gasteiger partial charge < -0.3 is 9.47 Å². The quantitative estimate of drug-likeness (QED) is 0.347. The van der Waals surface area contributed by atoms with E-state index in [1.165, 1.54) is 44.0 Å². The summed E-state index contributed by atoms with van der Waals surface area (Å²) in [6.07, 6.45) is 5.33. The highest BCUT2D eigenvalue weighted by atomic mass is 32.2. The minimum atomic E-state index is -4.18. The van der Waals surface area contributed by atoms with E-state index in [9.17, 15) is 8.42 Å². The fourth-order valence-electron chi connectivity index (χ4n) is 3.74. The summed E-state index contributed by atoms with van der Waals surface area (Å²) >= 11 is 0. The number of para-hydroxylation sites is 1. The number of aromatic nitrogens is 6. The summed E-state index contributed by atoms with van der Waals surface area (Å²) in [5, 5.41) is 7.06. The Morgan fingerprint density at radius 2 is 1.76 bits per heavy atom. The van der Waals surface area contributed by atoms with Crippen molar-refractivity contribution in [2.24, 2.45) is 0 Å². The molecule has 0 fully saturated rings. The number of hydrogen-bond acceptors (Lipinski definition) is 9. The predicted octanol–water partition coefficient (Wildman–Crippen LogP) is 3.40. The highest BCUT2D eigenvalue weighted by Gasteiger charge is 2.35. The second kappa shape index (κ2) is 10.6. The first kappa shape index (κ1) is 26.1. The molecule has 0 bridgehead atoms. The average Bonchev–Trinajstić information content (AvgIpc) is 3.27. The maximum absolute atomic E-state index is 15.2. The highest BCUT2D eigenvalue weighted by molar-refractivity contribution is 7.93. The molecule has 0 saturated heterocycles. The molecule has 0 saturated carbocycles. The predicted molar refractivity (Wildman–Crippen MR) is 134 cm³/mol. The van der Waals surface area contributed by atoms with Crippen molar-refractivity contribution in [3.63, 3.8) is 0 Å². The summed E-state index contributed by atoms with van der Waals surface area (Å²) in [7, 11) is -1.43. The van der Waals surface area contributed by atoms with Crippen LogP contribution in [0.25, 0.3) is 17.1 Å². The molecule has 13 heteroatoms. The van der Waals surface area contributed by atoms with Gasteiger partial charge in [0.2, 0.25) is 16.0 Å². The number of anilines is 1. The maximum Gasteiger partial charge on any atom is 0.243 e. The van der Waals surface area contributed by atoms with Crippen LogP contribution >= 0.6 is 0 Å². The molecule has 11 nitrogen and oxygen atoms in total. The molecular weight excluding hydrogens is 501 g/mol. The Morgan fingerprint density at radius 3 is 2.41 bits per heavy atom. The number of ether oxygens (including phenoxy) is 2. The van der Waals surface area contributed by atoms with Crippen molar-refractivity contribution in [3.05, 3.63) is 71.8 Å². The van der Waals surface area contributed by atoms with E-state index in [4.69, 9.17) is 9.47 Å². The zero-order chi connectivity index (χ0) is 26.7. The summed E-state index contributed by atoms with van der Waals surface area (Å²) in [6.45, 7) is 5.11. The molecule has 4 aromatic rings. The Bertz CT molecular complexity index is 1510. The molecule has 0 unspecified atom stereocenters. The van der Waals surface area contributed by atoms with Crippen molar-refractivity contribution in [3.8, 4) is 22.8 Å². The number of sulfonamides is 1. The van der Waals surface area contributed by atoms with Gasteiger partial charge in [-0.05, 0) is 50.1 Å². The van der Waals surface area contributed by atoms with E-state index in [1.807, 2.05) is 13.8 Å². The molecule has 0 aliphatic rings. The van der Waals surface area contributed by atoms with Crippen molar-refractivity contribution in [1.82, 2.24) is 29.7 Å². The van der Waals surface area contributed by atoms with Gasteiger partial charge in [0.25, 0.3) is 0 Å². The van der Waals surface area contributed by atoms with Gasteiger partial charge in [0.1, 0.15) is 22.8 Å². The third-order valence-electron chi connectivity index (χ3n) is 5.65. The van der Waals surface area contributed by atoms with Crippen molar-refractivity contribution in [2.75, 3.05) is 18.9 Å². The van der Waals surface area contributed by atoms with Gasteiger partial charge in [-0.25, -0.2) is 22.8 Å². The molecular formula is C24H26FN7O4S. The molecule has 0 aliphatic heterocycles. The molecule has 194 valence electrons. The standard InChI is InChI=1S/C24H26FN7O4S/c1-14-9-17(13-26-10-14)23-29-30-24(32(23)20-18(25)7-6-8-19(20)35-4)31-37(33,34)16(3)21(36-5)22-27-11-15(2)12-28-22/h6-13,16,21H,1-5H3,(H,30,31)/t16-,21-/m0/s1. The number of nitrogens with one attached hydrogen (secondary N) is 1. The number of halogens is 1. The van der Waals surface area contributed by atoms with Gasteiger partial charge >= 0.3 is 0 Å². The maximum atomic E-state index is 15.2. The van der Waals surface area contributed by atoms with E-state index in [0.717, 1.165) is 11.1 Å². The van der Waals surface area contributed by atoms with Crippen LogP contribution in [0.1, 0.15) is 30.0 Å². The molecule has 0 amide bonds. The number of rotatable bonds is 9. The van der Waals surface area contributed by atoms with Crippen LogP contribution in [0.4, 0.5) is 10.3 Å². The van der Waals surface area contributed by atoms with Crippen molar-refractivity contribution >= 4 is 16.0 Å². The minimum Gasteiger partial charge on any atom is -0.494 e. The lowest BCUT2D eigenvalue weighted by molar-refractivity contribution is 0.0949. The van der Waals surface area contributed by atoms with E-state index in [-0.39, 0.29) is 29.0 Å².